The molecule has 0 aliphatic carbocycles. The van der Waals surface area contributed by atoms with Crippen LogP contribution in [0.3, 0.4) is 0 Å². The van der Waals surface area contributed by atoms with Gasteiger partial charge in [0.2, 0.25) is 0 Å². The Kier molecular flexibility index (Phi) is 3.12. The van der Waals surface area contributed by atoms with Crippen molar-refractivity contribution in [1.29, 1.82) is 0 Å². The number of fused-ring (bicyclic) bond motifs is 1. The number of thiophene rings is 1. The number of methoxy groups -OCH3 is 1. The molecule has 0 N–H and O–H groups in total. The molecule has 0 amide bonds. The van der Waals surface area contributed by atoms with Crippen LogP contribution in [0.25, 0.3) is 27.5 Å². The largest absolute Gasteiger partial charge is 0.497 e. The third-order valence-electron chi connectivity index (χ3n) is 3.56. The maximum absolute atomic E-state index is 5.21. The molecule has 0 bridgehead atoms. The fourth-order valence-corrected chi connectivity index (χ4v) is 3.10. The van der Waals surface area contributed by atoms with Gasteiger partial charge in [-0.15, -0.1) is 11.3 Å². The van der Waals surface area contributed by atoms with Crippen molar-refractivity contribution >= 4 is 17.0 Å². The molecule has 4 rings (SSSR count). The zero-order valence-corrected chi connectivity index (χ0v) is 12.7. The zero-order valence-electron chi connectivity index (χ0n) is 11.9. The van der Waals surface area contributed by atoms with Crippen LogP contribution in [0.15, 0.2) is 60.4 Å². The van der Waals surface area contributed by atoms with Crippen molar-refractivity contribution in [2.75, 3.05) is 7.11 Å². The Balaban J connectivity index is 1.85. The summed E-state index contributed by atoms with van der Waals surface area (Å²) in [5.41, 5.74) is 3.93. The molecule has 0 atom stereocenters. The minimum atomic E-state index is 0.839. The topological polar surface area (TPSA) is 39.4 Å². The van der Waals surface area contributed by atoms with Crippen LogP contribution in [0, 0.1) is 0 Å². The number of hydrogen-bond acceptors (Lipinski definition) is 4. The zero-order chi connectivity index (χ0) is 14.9. The van der Waals surface area contributed by atoms with Crippen molar-refractivity contribution in [2.45, 2.75) is 0 Å². The highest BCUT2D eigenvalue weighted by molar-refractivity contribution is 7.13. The number of ether oxygens (including phenoxy) is 1. The second-order valence-electron chi connectivity index (χ2n) is 4.85. The van der Waals surface area contributed by atoms with Crippen molar-refractivity contribution in [3.8, 4) is 27.6 Å². The normalized spacial score (nSPS) is 11.0. The molecule has 0 fully saturated rings. The lowest BCUT2D eigenvalue weighted by Gasteiger charge is -2.05. The van der Waals surface area contributed by atoms with Crippen LogP contribution in [0.1, 0.15) is 0 Å². The monoisotopic (exact) mass is 307 g/mol. The molecular formula is C17H13N3OS. The molecule has 3 heterocycles. The minimum Gasteiger partial charge on any atom is -0.497 e. The summed E-state index contributed by atoms with van der Waals surface area (Å²) in [6, 6.07) is 12.1. The van der Waals surface area contributed by atoms with Gasteiger partial charge in [0.25, 0.3) is 0 Å². The van der Waals surface area contributed by atoms with Crippen molar-refractivity contribution in [3.63, 3.8) is 0 Å². The first kappa shape index (κ1) is 13.0. The lowest BCUT2D eigenvalue weighted by molar-refractivity contribution is 0.415. The molecule has 5 heteroatoms. The van der Waals surface area contributed by atoms with Gasteiger partial charge in [-0.25, -0.2) is 9.97 Å². The Hall–Kier alpha value is -2.66. The maximum atomic E-state index is 5.21. The van der Waals surface area contributed by atoms with Crippen LogP contribution in [-0.2, 0) is 0 Å². The number of aromatic nitrogens is 3. The number of benzene rings is 1. The third-order valence-corrected chi connectivity index (χ3v) is 4.45. The van der Waals surface area contributed by atoms with Crippen molar-refractivity contribution < 1.29 is 4.74 Å². The van der Waals surface area contributed by atoms with Crippen LogP contribution < -0.4 is 4.74 Å². The van der Waals surface area contributed by atoms with Gasteiger partial charge >= 0.3 is 0 Å². The van der Waals surface area contributed by atoms with E-state index in [1.54, 1.807) is 18.4 Å². The molecule has 0 aliphatic heterocycles. The summed E-state index contributed by atoms with van der Waals surface area (Å²) in [5, 5.41) is 2.06. The van der Waals surface area contributed by atoms with E-state index in [1.807, 2.05) is 48.9 Å². The Labute approximate surface area is 131 Å². The molecule has 0 saturated carbocycles. The van der Waals surface area contributed by atoms with E-state index in [1.165, 1.54) is 0 Å². The molecule has 0 saturated heterocycles. The van der Waals surface area contributed by atoms with Crippen molar-refractivity contribution in [3.05, 3.63) is 60.4 Å². The molecule has 0 unspecified atom stereocenters. The predicted octanol–water partition coefficient (Wildman–Crippen LogP) is 4.13. The minimum absolute atomic E-state index is 0.839. The molecule has 108 valence electrons. The molecule has 0 radical (unpaired) electrons. The number of rotatable bonds is 3. The van der Waals surface area contributed by atoms with Crippen LogP contribution in [-0.4, -0.2) is 21.5 Å². The molecular weight excluding hydrogens is 294 g/mol. The van der Waals surface area contributed by atoms with Crippen LogP contribution >= 0.6 is 11.3 Å². The summed E-state index contributed by atoms with van der Waals surface area (Å²) in [5.74, 6) is 0.846. The highest BCUT2D eigenvalue weighted by Crippen LogP contribution is 2.26. The molecule has 4 nitrogen and oxygen atoms in total. The highest BCUT2D eigenvalue weighted by atomic mass is 32.1. The summed E-state index contributed by atoms with van der Waals surface area (Å²) in [4.78, 5) is 10.1. The van der Waals surface area contributed by atoms with Crippen LogP contribution in [0.4, 0.5) is 0 Å². The predicted molar refractivity (Wildman–Crippen MR) is 88.3 cm³/mol. The number of imidazole rings is 1. The lowest BCUT2D eigenvalue weighted by Crippen LogP contribution is -1.92. The van der Waals surface area contributed by atoms with Gasteiger partial charge in [-0.3, -0.25) is 4.40 Å². The maximum Gasteiger partial charge on any atom is 0.155 e. The average Bonchev–Trinajstić information content (AvgIpc) is 3.24. The van der Waals surface area contributed by atoms with Gasteiger partial charge in [-0.2, -0.15) is 0 Å². The van der Waals surface area contributed by atoms with Gasteiger partial charge in [0, 0.05) is 11.8 Å². The van der Waals surface area contributed by atoms with E-state index in [4.69, 9.17) is 4.74 Å². The first-order valence-corrected chi connectivity index (χ1v) is 7.74. The summed E-state index contributed by atoms with van der Waals surface area (Å²) in [6.45, 7) is 0. The van der Waals surface area contributed by atoms with E-state index >= 15 is 0 Å². The third kappa shape index (κ3) is 2.16. The Bertz CT molecular complexity index is 911. The summed E-state index contributed by atoms with van der Waals surface area (Å²) in [7, 11) is 1.67. The van der Waals surface area contributed by atoms with E-state index in [0.29, 0.717) is 0 Å². The summed E-state index contributed by atoms with van der Waals surface area (Å²) in [6.07, 6.45) is 5.72. The first-order valence-electron chi connectivity index (χ1n) is 6.86. The highest BCUT2D eigenvalue weighted by Gasteiger charge is 2.09. The summed E-state index contributed by atoms with van der Waals surface area (Å²) >= 11 is 1.68. The van der Waals surface area contributed by atoms with Crippen LogP contribution in [0.5, 0.6) is 5.75 Å². The fraction of sp³-hybridized carbons (Fsp3) is 0.0588. The SMILES string of the molecule is COc1ccc(-c2cnc3cnc(-c4cccs4)cn23)cc1. The van der Waals surface area contributed by atoms with Crippen molar-refractivity contribution in [1.82, 2.24) is 14.4 Å². The van der Waals surface area contributed by atoms with Gasteiger partial charge in [0.05, 0.1) is 35.8 Å². The molecule has 0 aliphatic rings. The van der Waals surface area contributed by atoms with E-state index in [9.17, 15) is 0 Å². The van der Waals surface area contributed by atoms with Gasteiger partial charge in [0.15, 0.2) is 5.65 Å². The molecule has 0 spiro atoms. The second kappa shape index (κ2) is 5.27. The summed E-state index contributed by atoms with van der Waals surface area (Å²) < 4.78 is 7.28. The fourth-order valence-electron chi connectivity index (χ4n) is 2.42. The quantitative estimate of drug-likeness (QED) is 0.571. The molecule has 3 aromatic heterocycles. The Morgan fingerprint density at radius 2 is 1.91 bits per heavy atom. The van der Waals surface area contributed by atoms with E-state index < -0.39 is 0 Å². The van der Waals surface area contributed by atoms with E-state index in [-0.39, 0.29) is 0 Å². The average molecular weight is 307 g/mol. The Morgan fingerprint density at radius 1 is 1.05 bits per heavy atom. The second-order valence-corrected chi connectivity index (χ2v) is 5.80. The number of hydrogen-bond donors (Lipinski definition) is 0. The Morgan fingerprint density at radius 3 is 2.64 bits per heavy atom. The van der Waals surface area contributed by atoms with Gasteiger partial charge < -0.3 is 4.74 Å². The lowest BCUT2D eigenvalue weighted by atomic mass is 10.1. The molecule has 1 aromatic carbocycles. The smallest absolute Gasteiger partial charge is 0.155 e. The van der Waals surface area contributed by atoms with Gasteiger partial charge in [-0.05, 0) is 35.7 Å². The number of nitrogens with zero attached hydrogens (tertiary/aromatic N) is 3. The standard InChI is InChI=1S/C17H13N3OS/c1-21-13-6-4-12(5-7-13)15-9-19-17-10-18-14(11-20(15)17)16-3-2-8-22-16/h2-11H,1H3. The molecule has 4 aromatic rings. The molecule has 22 heavy (non-hydrogen) atoms. The van der Waals surface area contributed by atoms with E-state index in [0.717, 1.165) is 33.2 Å². The van der Waals surface area contributed by atoms with Crippen molar-refractivity contribution in [2.24, 2.45) is 0 Å². The first-order chi connectivity index (χ1) is 10.8. The van der Waals surface area contributed by atoms with E-state index in [2.05, 4.69) is 25.8 Å². The van der Waals surface area contributed by atoms with Crippen LogP contribution in [0.2, 0.25) is 0 Å². The van der Waals surface area contributed by atoms with Gasteiger partial charge in [-0.1, -0.05) is 6.07 Å². The van der Waals surface area contributed by atoms with Gasteiger partial charge in [0.1, 0.15) is 5.75 Å².